The fraction of sp³-hybridized carbons (Fsp3) is 0.0417. The Morgan fingerprint density at radius 1 is 0.412 bits per heavy atom. The van der Waals surface area contributed by atoms with E-state index in [-0.39, 0.29) is 0 Å². The van der Waals surface area contributed by atoms with E-state index in [1.807, 2.05) is 12.3 Å². The number of fused-ring (bicyclic) bond motifs is 12. The predicted molar refractivity (Wildman–Crippen MR) is 220 cm³/mol. The van der Waals surface area contributed by atoms with E-state index in [0.717, 1.165) is 33.1 Å². The summed E-state index contributed by atoms with van der Waals surface area (Å²) in [6, 6.07) is 56.1. The molecule has 2 aromatic heterocycles. The zero-order valence-corrected chi connectivity index (χ0v) is 29.4. The quantitative estimate of drug-likeness (QED) is 0.104. The number of hydrogen-bond donors (Lipinski definition) is 0. The topological polar surface area (TPSA) is 25.8 Å². The van der Waals surface area contributed by atoms with Crippen LogP contribution in [0.25, 0.3) is 98.4 Å². The number of pyridine rings is 2. The first-order valence-corrected chi connectivity index (χ1v) is 20.7. The maximum atomic E-state index is 5.30. The van der Waals surface area contributed by atoms with Crippen molar-refractivity contribution in [3.05, 3.63) is 158 Å². The molecule has 1 aliphatic rings. The van der Waals surface area contributed by atoms with E-state index in [9.17, 15) is 0 Å². The molecule has 0 unspecified atom stereocenters. The number of benzene rings is 8. The second kappa shape index (κ2) is 10.4. The van der Waals surface area contributed by atoms with Crippen molar-refractivity contribution in [1.29, 1.82) is 0 Å². The highest BCUT2D eigenvalue weighted by Crippen LogP contribution is 2.43. The van der Waals surface area contributed by atoms with Crippen LogP contribution in [0.1, 0.15) is 0 Å². The van der Waals surface area contributed by atoms with E-state index in [0.29, 0.717) is 0 Å². The molecule has 0 fully saturated rings. The summed E-state index contributed by atoms with van der Waals surface area (Å²) >= 11 is 0. The van der Waals surface area contributed by atoms with Gasteiger partial charge >= 0.3 is 0 Å². The Hall–Kier alpha value is -6.16. The van der Waals surface area contributed by atoms with Gasteiger partial charge in [0, 0.05) is 22.5 Å². The number of aromatic nitrogens is 2. The lowest BCUT2D eigenvalue weighted by atomic mass is 9.87. The highest BCUT2D eigenvalue weighted by molar-refractivity contribution is 7.05. The molecule has 0 saturated heterocycles. The second-order valence-electron chi connectivity index (χ2n) is 14.5. The Morgan fingerprint density at radius 3 is 1.88 bits per heavy atom. The molecule has 0 spiro atoms. The fourth-order valence-electron chi connectivity index (χ4n) is 9.06. The first-order chi connectivity index (χ1) is 25.0. The van der Waals surface area contributed by atoms with Gasteiger partial charge in [-0.3, -0.25) is 4.98 Å². The lowest BCUT2D eigenvalue weighted by Crippen LogP contribution is -2.49. The summed E-state index contributed by atoms with van der Waals surface area (Å²) in [6.07, 6.45) is 1.86. The first-order valence-electron chi connectivity index (χ1n) is 17.7. The van der Waals surface area contributed by atoms with Crippen LogP contribution >= 0.6 is 0 Å². The lowest BCUT2D eigenvalue weighted by Gasteiger charge is -2.23. The largest absolute Gasteiger partial charge is 0.254 e. The van der Waals surface area contributed by atoms with Gasteiger partial charge in [0.15, 0.2) is 0 Å². The maximum Gasteiger partial charge on any atom is 0.114 e. The highest BCUT2D eigenvalue weighted by atomic mass is 28.3. The molecule has 3 heteroatoms. The van der Waals surface area contributed by atoms with Crippen molar-refractivity contribution in [2.45, 2.75) is 13.1 Å². The summed E-state index contributed by atoms with van der Waals surface area (Å²) in [5, 5.41) is 15.6. The molecule has 0 radical (unpaired) electrons. The van der Waals surface area contributed by atoms with Crippen LogP contribution in [0.3, 0.4) is 0 Å². The van der Waals surface area contributed by atoms with E-state index >= 15 is 0 Å². The molecule has 8 aromatic carbocycles. The van der Waals surface area contributed by atoms with E-state index in [1.165, 1.54) is 65.3 Å². The van der Waals surface area contributed by atoms with E-state index in [2.05, 4.69) is 159 Å². The molecular formula is C48H32N2Si. The summed E-state index contributed by atoms with van der Waals surface area (Å²) in [4.78, 5) is 10.0. The van der Waals surface area contributed by atoms with Gasteiger partial charge in [-0.2, -0.15) is 0 Å². The molecular weight excluding hydrogens is 633 g/mol. The van der Waals surface area contributed by atoms with Crippen LogP contribution in [-0.4, -0.2) is 18.0 Å². The van der Waals surface area contributed by atoms with E-state index in [1.54, 1.807) is 10.4 Å². The van der Waals surface area contributed by atoms with E-state index < -0.39 is 8.07 Å². The fourth-order valence-corrected chi connectivity index (χ4v) is 12.5. The minimum absolute atomic E-state index is 0.935. The summed E-state index contributed by atoms with van der Waals surface area (Å²) in [7, 11) is -1.93. The van der Waals surface area contributed by atoms with Crippen LogP contribution in [0.5, 0.6) is 0 Å². The third kappa shape index (κ3) is 4.04. The SMILES string of the molecule is C[Si]1(C)c2ccccc2-c2ccc3cc(-c4ccc(-c5ccc6ccc7cccnc7c6n5)c5cc6ccccc6cc45)c4ccccc4c3c21. The Morgan fingerprint density at radius 2 is 1.04 bits per heavy atom. The van der Waals surface area contributed by atoms with Gasteiger partial charge in [0.25, 0.3) is 0 Å². The molecule has 2 nitrogen and oxygen atoms in total. The van der Waals surface area contributed by atoms with Crippen LogP contribution in [0.2, 0.25) is 13.1 Å². The van der Waals surface area contributed by atoms with Crippen molar-refractivity contribution < 1.29 is 0 Å². The Bertz CT molecular complexity index is 3120. The lowest BCUT2D eigenvalue weighted by molar-refractivity contribution is 1.37. The van der Waals surface area contributed by atoms with Gasteiger partial charge in [-0.25, -0.2) is 4.98 Å². The van der Waals surface area contributed by atoms with Gasteiger partial charge in [0.2, 0.25) is 0 Å². The molecule has 0 atom stereocenters. The summed E-state index contributed by atoms with van der Waals surface area (Å²) in [5.41, 5.74) is 9.30. The molecule has 0 aliphatic carbocycles. The van der Waals surface area contributed by atoms with Crippen LogP contribution in [0.15, 0.2) is 158 Å². The minimum Gasteiger partial charge on any atom is -0.254 e. The number of hydrogen-bond acceptors (Lipinski definition) is 2. The maximum absolute atomic E-state index is 5.30. The standard InChI is InChI=1S/C48H32N2Si/c1-51(2)44-16-8-7-14-37(44)39-21-19-33-28-40(34-13-5-6-15-38(34)45(33)48(39)51)35-22-23-36(42-27-32-11-4-3-10-31(32)26-41(35)42)43-24-20-30-18-17-29-12-9-25-49-46(29)47(30)50-43/h3-28H,1-2H3. The molecule has 1 aliphatic heterocycles. The zero-order valence-electron chi connectivity index (χ0n) is 28.4. The number of rotatable bonds is 2. The molecule has 0 N–H and O–H groups in total. The molecule has 51 heavy (non-hydrogen) atoms. The molecule has 11 rings (SSSR count). The predicted octanol–water partition coefficient (Wildman–Crippen LogP) is 11.5. The van der Waals surface area contributed by atoms with Gasteiger partial charge in [-0.05, 0) is 106 Å². The molecule has 0 bridgehead atoms. The summed E-state index contributed by atoms with van der Waals surface area (Å²) < 4.78 is 0. The monoisotopic (exact) mass is 664 g/mol. The van der Waals surface area contributed by atoms with Gasteiger partial charge in [-0.15, -0.1) is 0 Å². The summed E-state index contributed by atoms with van der Waals surface area (Å²) in [6.45, 7) is 5.05. The van der Waals surface area contributed by atoms with E-state index in [4.69, 9.17) is 9.97 Å². The van der Waals surface area contributed by atoms with Crippen LogP contribution in [-0.2, 0) is 0 Å². The second-order valence-corrected chi connectivity index (χ2v) is 18.8. The third-order valence-electron chi connectivity index (χ3n) is 11.4. The van der Waals surface area contributed by atoms with Crippen molar-refractivity contribution in [3.63, 3.8) is 0 Å². The average Bonchev–Trinajstić information content (AvgIpc) is 3.42. The minimum atomic E-state index is -1.93. The number of nitrogens with zero attached hydrogens (tertiary/aromatic N) is 2. The molecule has 238 valence electrons. The van der Waals surface area contributed by atoms with Crippen LogP contribution in [0.4, 0.5) is 0 Å². The van der Waals surface area contributed by atoms with Gasteiger partial charge in [0.05, 0.1) is 16.7 Å². The van der Waals surface area contributed by atoms with Gasteiger partial charge < -0.3 is 0 Å². The zero-order chi connectivity index (χ0) is 33.8. The van der Waals surface area contributed by atoms with Crippen LogP contribution in [0, 0.1) is 0 Å². The Kier molecular flexibility index (Phi) is 5.86. The van der Waals surface area contributed by atoms with Gasteiger partial charge in [0.1, 0.15) is 8.07 Å². The van der Waals surface area contributed by atoms with Gasteiger partial charge in [-0.1, -0.05) is 134 Å². The smallest absolute Gasteiger partial charge is 0.114 e. The van der Waals surface area contributed by atoms with Crippen molar-refractivity contribution in [3.8, 4) is 33.5 Å². The normalized spacial score (nSPS) is 13.5. The Labute approximate surface area is 296 Å². The summed E-state index contributed by atoms with van der Waals surface area (Å²) in [5.74, 6) is 0. The Balaban J connectivity index is 1.21. The molecule has 3 heterocycles. The molecule has 0 amide bonds. The van der Waals surface area contributed by atoms with Crippen molar-refractivity contribution >= 4 is 83.3 Å². The first kappa shape index (κ1) is 28.7. The highest BCUT2D eigenvalue weighted by Gasteiger charge is 2.39. The van der Waals surface area contributed by atoms with Crippen molar-refractivity contribution in [2.24, 2.45) is 0 Å². The van der Waals surface area contributed by atoms with Crippen LogP contribution < -0.4 is 10.4 Å². The van der Waals surface area contributed by atoms with Crippen molar-refractivity contribution in [1.82, 2.24) is 9.97 Å². The van der Waals surface area contributed by atoms with Crippen molar-refractivity contribution in [2.75, 3.05) is 0 Å². The third-order valence-corrected chi connectivity index (χ3v) is 15.0. The molecule has 10 aromatic rings. The average molecular weight is 665 g/mol. The molecule has 0 saturated carbocycles.